The Balaban J connectivity index is 1.62. The maximum absolute atomic E-state index is 13.8. The Morgan fingerprint density at radius 2 is 1.90 bits per heavy atom. The van der Waals surface area contributed by atoms with E-state index in [1.165, 1.54) is 12.4 Å². The average Bonchev–Trinajstić information content (AvgIpc) is 3.21. The molecule has 1 amide bonds. The number of carbonyl (C=O) groups is 1. The summed E-state index contributed by atoms with van der Waals surface area (Å²) in [5.41, 5.74) is 1.35. The van der Waals surface area contributed by atoms with Gasteiger partial charge in [-0.1, -0.05) is 0 Å². The van der Waals surface area contributed by atoms with Crippen LogP contribution < -0.4 is 5.32 Å². The van der Waals surface area contributed by atoms with Gasteiger partial charge in [0, 0.05) is 29.9 Å². The van der Waals surface area contributed by atoms with Gasteiger partial charge in [0.05, 0.1) is 35.1 Å². The minimum atomic E-state index is -1.75. The zero-order valence-electron chi connectivity index (χ0n) is 15.4. The van der Waals surface area contributed by atoms with Crippen LogP contribution in [-0.2, 0) is 17.9 Å². The molecular formula is C18H16BrF4N5O. The van der Waals surface area contributed by atoms with E-state index in [0.29, 0.717) is 12.2 Å². The summed E-state index contributed by atoms with van der Waals surface area (Å²) in [6.45, 7) is 3.62. The summed E-state index contributed by atoms with van der Waals surface area (Å²) in [6.07, 6.45) is 2.76. The normalized spacial score (nSPS) is 11.1. The van der Waals surface area contributed by atoms with Gasteiger partial charge in [-0.25, -0.2) is 17.6 Å². The molecule has 11 heteroatoms. The Kier molecular flexibility index (Phi) is 6.06. The second kappa shape index (κ2) is 8.36. The molecule has 2 aromatic heterocycles. The topological polar surface area (TPSA) is 64.7 Å². The van der Waals surface area contributed by atoms with E-state index in [1.54, 1.807) is 4.68 Å². The Bertz CT molecular complexity index is 1080. The largest absolute Gasteiger partial charge is 0.323 e. The van der Waals surface area contributed by atoms with E-state index >= 15 is 0 Å². The first-order valence-electron chi connectivity index (χ1n) is 8.51. The fourth-order valence-electron chi connectivity index (χ4n) is 2.75. The molecule has 2 heterocycles. The van der Waals surface area contributed by atoms with Crippen molar-refractivity contribution in [2.24, 2.45) is 0 Å². The molecule has 1 aromatic carbocycles. The molecule has 0 bridgehead atoms. The highest BCUT2D eigenvalue weighted by molar-refractivity contribution is 9.10. The van der Waals surface area contributed by atoms with Gasteiger partial charge in [0.15, 0.2) is 17.5 Å². The predicted octanol–water partition coefficient (Wildman–Crippen LogP) is 4.09. The van der Waals surface area contributed by atoms with Gasteiger partial charge in [-0.2, -0.15) is 10.2 Å². The van der Waals surface area contributed by atoms with Crippen LogP contribution in [0.5, 0.6) is 0 Å². The highest BCUT2D eigenvalue weighted by Gasteiger charge is 2.19. The standard InChI is InChI=1S/C18H16BrF4N5O/c1-9-16(19)10(2)28(26-9)4-3-15(29)25-11-6-24-27(7-11)8-12-13(20)5-14(21)18(23)17(12)22/h5-7H,3-4,8H2,1-2H3,(H,25,29). The van der Waals surface area contributed by atoms with Gasteiger partial charge in [-0.15, -0.1) is 0 Å². The minimum absolute atomic E-state index is 0.145. The third-order valence-electron chi connectivity index (χ3n) is 4.29. The van der Waals surface area contributed by atoms with E-state index in [4.69, 9.17) is 0 Å². The van der Waals surface area contributed by atoms with E-state index in [2.05, 4.69) is 31.4 Å². The van der Waals surface area contributed by atoms with E-state index in [9.17, 15) is 22.4 Å². The molecule has 3 rings (SSSR count). The number of nitrogens with zero attached hydrogens (tertiary/aromatic N) is 4. The van der Waals surface area contributed by atoms with Crippen molar-refractivity contribution in [3.05, 3.63) is 63.2 Å². The summed E-state index contributed by atoms with van der Waals surface area (Å²) in [5.74, 6) is -6.50. The van der Waals surface area contributed by atoms with Gasteiger partial charge >= 0.3 is 0 Å². The van der Waals surface area contributed by atoms with Crippen molar-refractivity contribution in [1.82, 2.24) is 19.6 Å². The third-order valence-corrected chi connectivity index (χ3v) is 5.44. The third kappa shape index (κ3) is 4.50. The van der Waals surface area contributed by atoms with E-state index in [-0.39, 0.29) is 18.4 Å². The number of anilines is 1. The van der Waals surface area contributed by atoms with Gasteiger partial charge in [0.1, 0.15) is 5.82 Å². The van der Waals surface area contributed by atoms with Crippen LogP contribution >= 0.6 is 15.9 Å². The zero-order valence-corrected chi connectivity index (χ0v) is 17.0. The van der Waals surface area contributed by atoms with E-state index in [1.807, 2.05) is 13.8 Å². The fourth-order valence-corrected chi connectivity index (χ4v) is 3.03. The molecule has 0 fully saturated rings. The van der Waals surface area contributed by atoms with Crippen molar-refractivity contribution >= 4 is 27.5 Å². The number of hydrogen-bond donors (Lipinski definition) is 1. The maximum atomic E-state index is 13.8. The lowest BCUT2D eigenvalue weighted by Gasteiger charge is -2.07. The molecule has 1 N–H and O–H groups in total. The lowest BCUT2D eigenvalue weighted by Crippen LogP contribution is -2.15. The molecule has 6 nitrogen and oxygen atoms in total. The Hall–Kier alpha value is -2.69. The highest BCUT2D eigenvalue weighted by atomic mass is 79.9. The van der Waals surface area contributed by atoms with Gasteiger partial charge in [0.25, 0.3) is 0 Å². The number of rotatable bonds is 6. The minimum Gasteiger partial charge on any atom is -0.323 e. The van der Waals surface area contributed by atoms with Crippen LogP contribution in [0.25, 0.3) is 0 Å². The van der Waals surface area contributed by atoms with Crippen LogP contribution in [0.3, 0.4) is 0 Å². The molecule has 0 saturated heterocycles. The Morgan fingerprint density at radius 3 is 2.55 bits per heavy atom. The second-order valence-electron chi connectivity index (χ2n) is 6.38. The molecule has 0 aliphatic heterocycles. The lowest BCUT2D eigenvalue weighted by molar-refractivity contribution is -0.116. The lowest BCUT2D eigenvalue weighted by atomic mass is 10.2. The van der Waals surface area contributed by atoms with E-state index in [0.717, 1.165) is 20.5 Å². The van der Waals surface area contributed by atoms with E-state index < -0.39 is 35.4 Å². The molecule has 0 aliphatic carbocycles. The van der Waals surface area contributed by atoms with Crippen molar-refractivity contribution in [2.45, 2.75) is 33.4 Å². The molecule has 154 valence electrons. The summed E-state index contributed by atoms with van der Waals surface area (Å²) in [5, 5.41) is 10.8. The van der Waals surface area contributed by atoms with Gasteiger partial charge < -0.3 is 5.32 Å². The summed E-state index contributed by atoms with van der Waals surface area (Å²) in [7, 11) is 0. The smallest absolute Gasteiger partial charge is 0.226 e. The molecule has 0 atom stereocenters. The quantitative estimate of drug-likeness (QED) is 0.333. The zero-order chi connectivity index (χ0) is 21.3. The van der Waals surface area contributed by atoms with Crippen LogP contribution in [0.1, 0.15) is 23.4 Å². The number of benzene rings is 1. The first-order chi connectivity index (χ1) is 13.7. The van der Waals surface area contributed by atoms with Crippen molar-refractivity contribution < 1.29 is 22.4 Å². The Morgan fingerprint density at radius 1 is 1.17 bits per heavy atom. The van der Waals surface area contributed by atoms with Crippen molar-refractivity contribution in [3.63, 3.8) is 0 Å². The van der Waals surface area contributed by atoms with Crippen molar-refractivity contribution in [1.29, 1.82) is 0 Å². The number of amides is 1. The summed E-state index contributed by atoms with van der Waals surface area (Å²) in [6, 6.07) is 0.275. The van der Waals surface area contributed by atoms with Crippen LogP contribution in [0.15, 0.2) is 22.9 Å². The fraction of sp³-hybridized carbons (Fsp3) is 0.278. The maximum Gasteiger partial charge on any atom is 0.226 e. The molecular weight excluding hydrogens is 458 g/mol. The first kappa shape index (κ1) is 21.0. The molecule has 0 radical (unpaired) electrons. The number of hydrogen-bond acceptors (Lipinski definition) is 3. The second-order valence-corrected chi connectivity index (χ2v) is 7.17. The van der Waals surface area contributed by atoms with Crippen LogP contribution in [0, 0.1) is 37.1 Å². The SMILES string of the molecule is Cc1nn(CCC(=O)Nc2cnn(Cc3c(F)cc(F)c(F)c3F)c2)c(C)c1Br. The predicted molar refractivity (Wildman–Crippen MR) is 100 cm³/mol. The summed E-state index contributed by atoms with van der Waals surface area (Å²) >= 11 is 3.42. The summed E-state index contributed by atoms with van der Waals surface area (Å²) in [4.78, 5) is 12.1. The molecule has 3 aromatic rings. The number of aryl methyl sites for hydroxylation is 2. The highest BCUT2D eigenvalue weighted by Crippen LogP contribution is 2.21. The van der Waals surface area contributed by atoms with Crippen LogP contribution in [0.2, 0.25) is 0 Å². The first-order valence-corrected chi connectivity index (χ1v) is 9.30. The number of aromatic nitrogens is 4. The number of nitrogens with one attached hydrogen (secondary N) is 1. The molecule has 0 unspecified atom stereocenters. The number of halogens is 5. The average molecular weight is 474 g/mol. The monoisotopic (exact) mass is 473 g/mol. The van der Waals surface area contributed by atoms with Gasteiger partial charge in [-0.3, -0.25) is 14.2 Å². The van der Waals surface area contributed by atoms with Gasteiger partial charge in [0.2, 0.25) is 5.91 Å². The van der Waals surface area contributed by atoms with Crippen LogP contribution in [0.4, 0.5) is 23.2 Å². The van der Waals surface area contributed by atoms with Crippen LogP contribution in [-0.4, -0.2) is 25.5 Å². The van der Waals surface area contributed by atoms with Gasteiger partial charge in [-0.05, 0) is 29.8 Å². The molecule has 0 spiro atoms. The van der Waals surface area contributed by atoms with Crippen molar-refractivity contribution in [3.8, 4) is 0 Å². The molecule has 0 aliphatic rings. The molecule has 0 saturated carbocycles. The summed E-state index contributed by atoms with van der Waals surface area (Å²) < 4.78 is 57.5. The Labute approximate surface area is 171 Å². The number of carbonyl (C=O) groups excluding carboxylic acids is 1. The molecule has 29 heavy (non-hydrogen) atoms. The van der Waals surface area contributed by atoms with Crippen molar-refractivity contribution in [2.75, 3.05) is 5.32 Å².